The standard InChI is InChI=1S/C56H90O6/c1-4-7-10-13-16-19-22-25-26-27-28-29-30-32-34-37-40-43-46-49-55(58)61-52-53(51-60-54(57)48-45-42-39-36-33-24-21-18-15-12-9-6-3)62-56(59)50-47-44-41-38-35-31-23-20-17-14-11-8-5-2/h7-8,10-11,16-21,25-26,28-29,31,35,41,44,53H,4-6,9,12-15,22-24,27,30,32-34,36-40,42-43,45-52H2,1-3H3/b10-7-,11-8-,19-16-,20-17-,21-18-,26-25-,29-28-,35-31-,44-41-. The molecule has 0 aromatic rings. The van der Waals surface area contributed by atoms with Crippen LogP contribution in [0.5, 0.6) is 0 Å². The van der Waals surface area contributed by atoms with Gasteiger partial charge in [-0.05, 0) is 109 Å². The summed E-state index contributed by atoms with van der Waals surface area (Å²) in [5.41, 5.74) is 0. The molecule has 0 aliphatic rings. The lowest BCUT2D eigenvalue weighted by molar-refractivity contribution is -0.166. The maximum atomic E-state index is 12.7. The van der Waals surface area contributed by atoms with E-state index in [1.807, 2.05) is 12.2 Å². The van der Waals surface area contributed by atoms with Gasteiger partial charge in [0, 0.05) is 19.3 Å². The number of rotatable bonds is 43. The highest BCUT2D eigenvalue weighted by Gasteiger charge is 2.19. The van der Waals surface area contributed by atoms with Gasteiger partial charge >= 0.3 is 17.9 Å². The fourth-order valence-corrected chi connectivity index (χ4v) is 6.32. The monoisotopic (exact) mass is 859 g/mol. The normalized spacial score (nSPS) is 13.0. The van der Waals surface area contributed by atoms with Crippen molar-refractivity contribution in [1.29, 1.82) is 0 Å². The smallest absolute Gasteiger partial charge is 0.306 e. The molecule has 6 heteroatoms. The van der Waals surface area contributed by atoms with E-state index in [1.54, 1.807) is 0 Å². The van der Waals surface area contributed by atoms with E-state index in [1.165, 1.54) is 44.9 Å². The molecule has 0 saturated heterocycles. The summed E-state index contributed by atoms with van der Waals surface area (Å²) in [5.74, 6) is -1.03. The molecule has 0 aliphatic carbocycles. The van der Waals surface area contributed by atoms with Gasteiger partial charge in [0.15, 0.2) is 6.10 Å². The van der Waals surface area contributed by atoms with Gasteiger partial charge in [0.05, 0.1) is 0 Å². The predicted octanol–water partition coefficient (Wildman–Crippen LogP) is 16.4. The first-order chi connectivity index (χ1) is 30.5. The summed E-state index contributed by atoms with van der Waals surface area (Å²) >= 11 is 0. The van der Waals surface area contributed by atoms with E-state index in [4.69, 9.17) is 14.2 Å². The third-order valence-corrected chi connectivity index (χ3v) is 10.0. The third kappa shape index (κ3) is 47.1. The average molecular weight is 859 g/mol. The molecule has 6 nitrogen and oxygen atoms in total. The van der Waals surface area contributed by atoms with E-state index in [-0.39, 0.29) is 31.6 Å². The molecule has 0 bridgehead atoms. The van der Waals surface area contributed by atoms with Crippen LogP contribution in [0.2, 0.25) is 0 Å². The Hall–Kier alpha value is -3.93. The van der Waals surface area contributed by atoms with Crippen molar-refractivity contribution in [1.82, 2.24) is 0 Å². The average Bonchev–Trinajstić information content (AvgIpc) is 3.27. The zero-order valence-corrected chi connectivity index (χ0v) is 39.8. The van der Waals surface area contributed by atoms with E-state index >= 15 is 0 Å². The van der Waals surface area contributed by atoms with Gasteiger partial charge in [-0.2, -0.15) is 0 Å². The molecule has 0 saturated carbocycles. The first-order valence-electron chi connectivity index (χ1n) is 24.9. The van der Waals surface area contributed by atoms with Crippen LogP contribution in [0.25, 0.3) is 0 Å². The van der Waals surface area contributed by atoms with Gasteiger partial charge in [0.2, 0.25) is 0 Å². The molecule has 0 radical (unpaired) electrons. The minimum Gasteiger partial charge on any atom is -0.462 e. The Morgan fingerprint density at radius 2 is 0.661 bits per heavy atom. The van der Waals surface area contributed by atoms with Crippen LogP contribution in [0.4, 0.5) is 0 Å². The second-order valence-electron chi connectivity index (χ2n) is 16.0. The quantitative estimate of drug-likeness (QED) is 0.0263. The number of hydrogen-bond donors (Lipinski definition) is 0. The van der Waals surface area contributed by atoms with Gasteiger partial charge in [-0.1, -0.05) is 188 Å². The Balaban J connectivity index is 4.49. The molecular weight excluding hydrogens is 769 g/mol. The molecule has 0 aromatic heterocycles. The minimum atomic E-state index is -0.826. The lowest BCUT2D eigenvalue weighted by Gasteiger charge is -2.18. The second-order valence-corrected chi connectivity index (χ2v) is 16.0. The van der Waals surface area contributed by atoms with Crippen LogP contribution in [0.15, 0.2) is 109 Å². The second kappa shape index (κ2) is 49.7. The topological polar surface area (TPSA) is 78.9 Å². The van der Waals surface area contributed by atoms with Gasteiger partial charge in [0.25, 0.3) is 0 Å². The lowest BCUT2D eigenvalue weighted by Crippen LogP contribution is -2.30. The molecule has 0 aromatic carbocycles. The van der Waals surface area contributed by atoms with Crippen molar-refractivity contribution in [2.45, 2.75) is 213 Å². The summed E-state index contributed by atoms with van der Waals surface area (Å²) in [6.45, 7) is 6.28. The van der Waals surface area contributed by atoms with E-state index in [9.17, 15) is 14.4 Å². The Kier molecular flexibility index (Phi) is 46.6. The maximum Gasteiger partial charge on any atom is 0.306 e. The van der Waals surface area contributed by atoms with Crippen LogP contribution < -0.4 is 0 Å². The number of carbonyl (C=O) groups is 3. The van der Waals surface area contributed by atoms with E-state index in [0.717, 1.165) is 116 Å². The molecule has 350 valence electrons. The summed E-state index contributed by atoms with van der Waals surface area (Å²) in [6, 6.07) is 0. The van der Waals surface area contributed by atoms with Crippen LogP contribution in [0.1, 0.15) is 207 Å². The largest absolute Gasteiger partial charge is 0.462 e. The molecule has 1 unspecified atom stereocenters. The van der Waals surface area contributed by atoms with E-state index in [2.05, 4.69) is 118 Å². The van der Waals surface area contributed by atoms with Gasteiger partial charge in [-0.3, -0.25) is 14.4 Å². The number of unbranched alkanes of at least 4 members (excludes halogenated alkanes) is 14. The Morgan fingerprint density at radius 3 is 1.06 bits per heavy atom. The SMILES string of the molecule is CC/C=C\C/C=C\C/C=C\C/C=C\CCCCCCCCC(=O)OCC(COC(=O)CCCCCCC/C=C\CCCCC)OC(=O)CC/C=C\C/C=C\C/C=C\C/C=C\CC. The fourth-order valence-electron chi connectivity index (χ4n) is 6.32. The van der Waals surface area contributed by atoms with Crippen molar-refractivity contribution in [3.8, 4) is 0 Å². The number of esters is 3. The van der Waals surface area contributed by atoms with Crippen LogP contribution in [-0.4, -0.2) is 37.2 Å². The molecule has 0 spiro atoms. The van der Waals surface area contributed by atoms with Crippen molar-refractivity contribution in [2.24, 2.45) is 0 Å². The van der Waals surface area contributed by atoms with Gasteiger partial charge in [-0.15, -0.1) is 0 Å². The lowest BCUT2D eigenvalue weighted by atomic mass is 10.1. The fraction of sp³-hybridized carbons (Fsp3) is 0.625. The molecular formula is C56H90O6. The van der Waals surface area contributed by atoms with Crippen molar-refractivity contribution in [2.75, 3.05) is 13.2 Å². The third-order valence-electron chi connectivity index (χ3n) is 10.0. The van der Waals surface area contributed by atoms with Crippen molar-refractivity contribution in [3.63, 3.8) is 0 Å². The Labute approximate surface area is 380 Å². The molecule has 0 heterocycles. The summed E-state index contributed by atoms with van der Waals surface area (Å²) < 4.78 is 16.7. The Morgan fingerprint density at radius 1 is 0.339 bits per heavy atom. The van der Waals surface area contributed by atoms with Crippen molar-refractivity contribution in [3.05, 3.63) is 109 Å². The number of allylic oxidation sites excluding steroid dienone is 18. The summed E-state index contributed by atoms with van der Waals surface area (Å²) in [4.78, 5) is 37.9. The first-order valence-corrected chi connectivity index (χ1v) is 24.9. The molecule has 1 atom stereocenters. The predicted molar refractivity (Wildman–Crippen MR) is 265 cm³/mol. The van der Waals surface area contributed by atoms with Crippen molar-refractivity contribution < 1.29 is 28.6 Å². The van der Waals surface area contributed by atoms with Crippen LogP contribution in [0, 0.1) is 0 Å². The molecule has 0 rings (SSSR count). The minimum absolute atomic E-state index is 0.118. The van der Waals surface area contributed by atoms with E-state index < -0.39 is 12.1 Å². The van der Waals surface area contributed by atoms with E-state index in [0.29, 0.717) is 19.3 Å². The zero-order chi connectivity index (χ0) is 45.1. The van der Waals surface area contributed by atoms with Crippen LogP contribution in [0.3, 0.4) is 0 Å². The summed E-state index contributed by atoms with van der Waals surface area (Å²) in [6.07, 6.45) is 66.6. The van der Waals surface area contributed by atoms with Crippen LogP contribution >= 0.6 is 0 Å². The Bertz CT molecular complexity index is 1310. The zero-order valence-electron chi connectivity index (χ0n) is 39.8. The molecule has 62 heavy (non-hydrogen) atoms. The first kappa shape index (κ1) is 58.1. The maximum absolute atomic E-state index is 12.7. The summed E-state index contributed by atoms with van der Waals surface area (Å²) in [7, 11) is 0. The number of hydrogen-bond acceptors (Lipinski definition) is 6. The van der Waals surface area contributed by atoms with Crippen molar-refractivity contribution >= 4 is 17.9 Å². The molecule has 0 amide bonds. The molecule has 0 N–H and O–H groups in total. The van der Waals surface area contributed by atoms with Gasteiger partial charge in [0.1, 0.15) is 13.2 Å². The summed E-state index contributed by atoms with van der Waals surface area (Å²) in [5, 5.41) is 0. The van der Waals surface area contributed by atoms with Gasteiger partial charge in [-0.25, -0.2) is 0 Å². The van der Waals surface area contributed by atoms with Gasteiger partial charge < -0.3 is 14.2 Å². The van der Waals surface area contributed by atoms with Crippen LogP contribution in [-0.2, 0) is 28.6 Å². The number of ether oxygens (including phenoxy) is 3. The molecule has 0 aliphatic heterocycles. The highest BCUT2D eigenvalue weighted by Crippen LogP contribution is 2.12. The highest BCUT2D eigenvalue weighted by molar-refractivity contribution is 5.71. The molecule has 0 fully saturated rings. The number of carbonyl (C=O) groups excluding carboxylic acids is 3. The highest BCUT2D eigenvalue weighted by atomic mass is 16.6.